The van der Waals surface area contributed by atoms with Gasteiger partial charge in [0, 0.05) is 24.1 Å². The summed E-state index contributed by atoms with van der Waals surface area (Å²) in [4.78, 5) is 49.4. The molecule has 1 fully saturated rings. The zero-order valence-corrected chi connectivity index (χ0v) is 15.4. The van der Waals surface area contributed by atoms with E-state index in [9.17, 15) is 19.2 Å². The van der Waals surface area contributed by atoms with E-state index in [0.29, 0.717) is 24.2 Å². The molecule has 1 atom stereocenters. The van der Waals surface area contributed by atoms with Gasteiger partial charge in [-0.25, -0.2) is 4.79 Å². The molecule has 0 radical (unpaired) electrons. The summed E-state index contributed by atoms with van der Waals surface area (Å²) in [7, 11) is 0. The van der Waals surface area contributed by atoms with Gasteiger partial charge in [0.25, 0.3) is 5.91 Å². The molecule has 3 heterocycles. The van der Waals surface area contributed by atoms with Crippen LogP contribution in [0.4, 0.5) is 10.5 Å². The predicted molar refractivity (Wildman–Crippen MR) is 102 cm³/mol. The van der Waals surface area contributed by atoms with Crippen LogP contribution in [0.15, 0.2) is 36.4 Å². The molecule has 2 N–H and O–H groups in total. The minimum absolute atomic E-state index is 0.198. The van der Waals surface area contributed by atoms with Gasteiger partial charge in [0.1, 0.15) is 12.6 Å². The Morgan fingerprint density at radius 2 is 1.72 bits per heavy atom. The minimum Gasteiger partial charge on any atom is -0.444 e. The van der Waals surface area contributed by atoms with Gasteiger partial charge >= 0.3 is 6.09 Å². The van der Waals surface area contributed by atoms with Crippen molar-refractivity contribution >= 4 is 29.5 Å². The topological polar surface area (TPSA) is 105 Å². The molecule has 4 amide bonds. The lowest BCUT2D eigenvalue weighted by Gasteiger charge is -2.29. The lowest BCUT2D eigenvalue weighted by molar-refractivity contribution is -0.136. The number of carbonyl (C=O) groups is 4. The van der Waals surface area contributed by atoms with Gasteiger partial charge in [-0.1, -0.05) is 18.2 Å². The molecule has 0 bridgehead atoms. The second-order valence-corrected chi connectivity index (χ2v) is 7.34. The van der Waals surface area contributed by atoms with Crippen molar-refractivity contribution in [1.82, 2.24) is 10.2 Å². The van der Waals surface area contributed by atoms with E-state index in [0.717, 1.165) is 22.3 Å². The summed E-state index contributed by atoms with van der Waals surface area (Å²) in [5, 5.41) is 5.00. The fourth-order valence-corrected chi connectivity index (χ4v) is 4.04. The Hall–Kier alpha value is -3.68. The van der Waals surface area contributed by atoms with Crippen LogP contribution in [0.25, 0.3) is 11.1 Å². The maximum atomic E-state index is 12.8. The first-order valence-corrected chi connectivity index (χ1v) is 9.34. The normalized spacial score (nSPS) is 20.6. The third-order valence-corrected chi connectivity index (χ3v) is 5.56. The monoisotopic (exact) mass is 391 g/mol. The van der Waals surface area contributed by atoms with Crippen LogP contribution >= 0.6 is 0 Å². The SMILES string of the molecule is O=C1CCC(N2Cc3cc(-c4ccc5c(c4)NC(=O)OC5)ccc3C2=O)C(=O)N1. The molecule has 5 rings (SSSR count). The van der Waals surface area contributed by atoms with Crippen molar-refractivity contribution in [3.05, 3.63) is 53.1 Å². The molecule has 0 aliphatic carbocycles. The Kier molecular flexibility index (Phi) is 3.87. The lowest BCUT2D eigenvalue weighted by atomic mass is 9.98. The van der Waals surface area contributed by atoms with Crippen LogP contribution in [0.1, 0.15) is 34.3 Å². The highest BCUT2D eigenvalue weighted by molar-refractivity contribution is 6.05. The number of amides is 4. The van der Waals surface area contributed by atoms with Crippen molar-refractivity contribution in [2.75, 3.05) is 5.32 Å². The van der Waals surface area contributed by atoms with E-state index >= 15 is 0 Å². The molecular formula is C21H17N3O5. The summed E-state index contributed by atoms with van der Waals surface area (Å²) in [6.07, 6.45) is 0.0880. The van der Waals surface area contributed by atoms with Crippen molar-refractivity contribution in [3.8, 4) is 11.1 Å². The van der Waals surface area contributed by atoms with Crippen molar-refractivity contribution in [1.29, 1.82) is 0 Å². The molecule has 0 spiro atoms. The fraction of sp³-hybridized carbons (Fsp3) is 0.238. The quantitative estimate of drug-likeness (QED) is 0.764. The maximum Gasteiger partial charge on any atom is 0.411 e. The van der Waals surface area contributed by atoms with Crippen molar-refractivity contribution < 1.29 is 23.9 Å². The summed E-state index contributed by atoms with van der Waals surface area (Å²) in [5.41, 5.74) is 4.82. The number of fused-ring (bicyclic) bond motifs is 2. The lowest BCUT2D eigenvalue weighted by Crippen LogP contribution is -2.52. The number of nitrogens with one attached hydrogen (secondary N) is 2. The summed E-state index contributed by atoms with van der Waals surface area (Å²) in [6.45, 7) is 0.560. The average molecular weight is 391 g/mol. The number of benzene rings is 2. The molecule has 0 aromatic heterocycles. The number of cyclic esters (lactones) is 1. The number of hydrogen-bond acceptors (Lipinski definition) is 5. The smallest absolute Gasteiger partial charge is 0.411 e. The van der Waals surface area contributed by atoms with Crippen LogP contribution in [-0.2, 0) is 27.5 Å². The van der Waals surface area contributed by atoms with Crippen LogP contribution in [-0.4, -0.2) is 34.8 Å². The number of piperidine rings is 1. The first-order chi connectivity index (χ1) is 14.0. The van der Waals surface area contributed by atoms with Crippen molar-refractivity contribution in [3.63, 3.8) is 0 Å². The second-order valence-electron chi connectivity index (χ2n) is 7.34. The number of imide groups is 1. The van der Waals surface area contributed by atoms with Crippen molar-refractivity contribution in [2.24, 2.45) is 0 Å². The average Bonchev–Trinajstić information content (AvgIpc) is 3.03. The minimum atomic E-state index is -0.630. The Morgan fingerprint density at radius 1 is 0.931 bits per heavy atom. The van der Waals surface area contributed by atoms with Crippen LogP contribution in [0.3, 0.4) is 0 Å². The fourth-order valence-electron chi connectivity index (χ4n) is 4.04. The van der Waals surface area contributed by atoms with E-state index < -0.39 is 18.0 Å². The van der Waals surface area contributed by atoms with E-state index in [1.165, 1.54) is 4.90 Å². The standard InChI is InChI=1S/C21H17N3O5/c25-18-6-5-17(19(26)23-18)24-9-14-7-11(3-4-15(14)20(24)27)12-1-2-13-10-29-21(28)22-16(13)8-12/h1-4,7-8,17H,5-6,9-10H2,(H,22,28)(H,23,25,26). The third-order valence-electron chi connectivity index (χ3n) is 5.56. The number of ether oxygens (including phenoxy) is 1. The van der Waals surface area contributed by atoms with Gasteiger partial charge in [-0.2, -0.15) is 0 Å². The van der Waals surface area contributed by atoms with Crippen LogP contribution in [0.2, 0.25) is 0 Å². The summed E-state index contributed by atoms with van der Waals surface area (Å²) in [5.74, 6) is -0.922. The Morgan fingerprint density at radius 3 is 2.55 bits per heavy atom. The molecule has 0 saturated carbocycles. The predicted octanol–water partition coefficient (Wildman–Crippen LogP) is 2.18. The Labute approximate surface area is 165 Å². The highest BCUT2D eigenvalue weighted by atomic mass is 16.5. The van der Waals surface area contributed by atoms with Crippen LogP contribution in [0.5, 0.6) is 0 Å². The van der Waals surface area contributed by atoms with Crippen LogP contribution in [0, 0.1) is 0 Å². The molecular weight excluding hydrogens is 374 g/mol. The van der Waals surface area contributed by atoms with Gasteiger partial charge in [0.15, 0.2) is 0 Å². The summed E-state index contributed by atoms with van der Waals surface area (Å²) >= 11 is 0. The molecule has 8 nitrogen and oxygen atoms in total. The summed E-state index contributed by atoms with van der Waals surface area (Å²) < 4.78 is 4.96. The maximum absolute atomic E-state index is 12.8. The zero-order valence-electron chi connectivity index (χ0n) is 15.4. The van der Waals surface area contributed by atoms with E-state index in [-0.39, 0.29) is 24.8 Å². The number of hydrogen-bond donors (Lipinski definition) is 2. The van der Waals surface area contributed by atoms with Gasteiger partial charge < -0.3 is 9.64 Å². The van der Waals surface area contributed by atoms with E-state index in [1.807, 2.05) is 30.3 Å². The highest BCUT2D eigenvalue weighted by Crippen LogP contribution is 2.33. The van der Waals surface area contributed by atoms with Gasteiger partial charge in [0.2, 0.25) is 11.8 Å². The largest absolute Gasteiger partial charge is 0.444 e. The molecule has 8 heteroatoms. The number of anilines is 1. The van der Waals surface area contributed by atoms with E-state index in [4.69, 9.17) is 4.74 Å². The van der Waals surface area contributed by atoms with E-state index in [2.05, 4.69) is 10.6 Å². The third kappa shape index (κ3) is 2.93. The molecule has 2 aromatic rings. The van der Waals surface area contributed by atoms with Gasteiger partial charge in [0.05, 0.1) is 5.69 Å². The second kappa shape index (κ2) is 6.44. The first-order valence-electron chi connectivity index (χ1n) is 9.34. The molecule has 146 valence electrons. The van der Waals surface area contributed by atoms with Gasteiger partial charge in [-0.05, 0) is 41.3 Å². The first kappa shape index (κ1) is 17.4. The molecule has 1 saturated heterocycles. The van der Waals surface area contributed by atoms with E-state index in [1.54, 1.807) is 6.07 Å². The highest BCUT2D eigenvalue weighted by Gasteiger charge is 2.39. The zero-order chi connectivity index (χ0) is 20.1. The van der Waals surface area contributed by atoms with Crippen molar-refractivity contribution in [2.45, 2.75) is 32.0 Å². The van der Waals surface area contributed by atoms with Crippen LogP contribution < -0.4 is 10.6 Å². The number of carbonyl (C=O) groups excluding carboxylic acids is 4. The van der Waals surface area contributed by atoms with Gasteiger partial charge in [-0.15, -0.1) is 0 Å². The molecule has 29 heavy (non-hydrogen) atoms. The molecule has 1 unspecified atom stereocenters. The van der Waals surface area contributed by atoms with Gasteiger partial charge in [-0.3, -0.25) is 25.0 Å². The number of rotatable bonds is 2. The molecule has 3 aliphatic heterocycles. The molecule has 2 aromatic carbocycles. The number of nitrogens with zero attached hydrogens (tertiary/aromatic N) is 1. The summed E-state index contributed by atoms with van der Waals surface area (Å²) in [6, 6.07) is 10.6. The Bertz CT molecular complexity index is 1090. The Balaban J connectivity index is 1.43. The molecule has 3 aliphatic rings.